The van der Waals surface area contributed by atoms with E-state index in [1.54, 1.807) is 36.4 Å². The molecule has 0 radical (unpaired) electrons. The minimum atomic E-state index is -0.336. The summed E-state index contributed by atoms with van der Waals surface area (Å²) in [5.41, 5.74) is 1.14. The van der Waals surface area contributed by atoms with Gasteiger partial charge < -0.3 is 9.47 Å². The number of halogens is 2. The first-order valence-corrected chi connectivity index (χ1v) is 13.1. The SMILES string of the molecule is CCOc1cc(/C=C2/SC(=O)N(CC3CCCCC3)C2=O)cc(Br)c1OCc1ccccc1F. The summed E-state index contributed by atoms with van der Waals surface area (Å²) in [6.45, 7) is 2.81. The molecule has 4 rings (SSSR count). The lowest BCUT2D eigenvalue weighted by atomic mass is 9.89. The molecule has 0 unspecified atom stereocenters. The van der Waals surface area contributed by atoms with Gasteiger partial charge in [0.2, 0.25) is 0 Å². The summed E-state index contributed by atoms with van der Waals surface area (Å²) in [6, 6.07) is 10.0. The maximum atomic E-state index is 14.0. The van der Waals surface area contributed by atoms with E-state index in [1.807, 2.05) is 6.92 Å². The average molecular weight is 548 g/mol. The predicted molar refractivity (Wildman–Crippen MR) is 135 cm³/mol. The molecule has 180 valence electrons. The lowest BCUT2D eigenvalue weighted by Gasteiger charge is -2.25. The summed E-state index contributed by atoms with van der Waals surface area (Å²) in [4.78, 5) is 27.3. The molecule has 0 spiro atoms. The Hall–Kier alpha value is -2.32. The average Bonchev–Trinajstić information content (AvgIpc) is 3.08. The minimum Gasteiger partial charge on any atom is -0.490 e. The number of hydrogen-bond acceptors (Lipinski definition) is 5. The van der Waals surface area contributed by atoms with E-state index in [2.05, 4.69) is 15.9 Å². The van der Waals surface area contributed by atoms with Gasteiger partial charge in [-0.25, -0.2) is 4.39 Å². The second-order valence-corrected chi connectivity index (χ2v) is 10.3. The molecule has 2 amide bonds. The number of thioether (sulfide) groups is 1. The van der Waals surface area contributed by atoms with Crippen LogP contribution in [0.25, 0.3) is 6.08 Å². The summed E-state index contributed by atoms with van der Waals surface area (Å²) in [5, 5.41) is -0.212. The van der Waals surface area contributed by atoms with Gasteiger partial charge in [0.15, 0.2) is 11.5 Å². The second-order valence-electron chi connectivity index (χ2n) is 8.44. The first-order chi connectivity index (χ1) is 16.5. The van der Waals surface area contributed by atoms with E-state index in [9.17, 15) is 14.0 Å². The standard InChI is InChI=1S/C26H27BrFNO4S/c1-2-32-22-13-18(12-20(27)24(22)33-16-19-10-6-7-11-21(19)28)14-23-25(30)29(26(31)34-23)15-17-8-4-3-5-9-17/h6-7,10-14,17H,2-5,8-9,15-16H2,1H3/b23-14+. The van der Waals surface area contributed by atoms with Crippen molar-refractivity contribution < 1.29 is 23.5 Å². The van der Waals surface area contributed by atoms with Crippen molar-refractivity contribution in [2.45, 2.75) is 45.6 Å². The molecule has 2 fully saturated rings. The highest BCUT2D eigenvalue weighted by molar-refractivity contribution is 9.10. The molecule has 0 aromatic heterocycles. The van der Waals surface area contributed by atoms with E-state index in [1.165, 1.54) is 17.4 Å². The van der Waals surface area contributed by atoms with Crippen molar-refractivity contribution in [3.05, 3.63) is 62.7 Å². The minimum absolute atomic E-state index is 0.0464. The largest absolute Gasteiger partial charge is 0.490 e. The quantitative estimate of drug-likeness (QED) is 0.327. The van der Waals surface area contributed by atoms with Gasteiger partial charge in [0.1, 0.15) is 12.4 Å². The van der Waals surface area contributed by atoms with Crippen LogP contribution < -0.4 is 9.47 Å². The molecule has 8 heteroatoms. The highest BCUT2D eigenvalue weighted by Gasteiger charge is 2.36. The number of amides is 2. The van der Waals surface area contributed by atoms with Crippen molar-refractivity contribution >= 4 is 44.9 Å². The third kappa shape index (κ3) is 5.84. The summed E-state index contributed by atoms with van der Waals surface area (Å²) >= 11 is 4.49. The maximum absolute atomic E-state index is 14.0. The Bertz CT molecular complexity index is 1100. The Labute approximate surface area is 211 Å². The van der Waals surface area contributed by atoms with Gasteiger partial charge in [-0.05, 0) is 83.2 Å². The smallest absolute Gasteiger partial charge is 0.293 e. The van der Waals surface area contributed by atoms with Crippen molar-refractivity contribution in [3.63, 3.8) is 0 Å². The van der Waals surface area contributed by atoms with Crippen LogP contribution in [0.4, 0.5) is 9.18 Å². The number of nitrogens with zero attached hydrogens (tertiary/aromatic N) is 1. The molecule has 0 N–H and O–H groups in total. The van der Waals surface area contributed by atoms with Crippen LogP contribution in [-0.4, -0.2) is 29.2 Å². The van der Waals surface area contributed by atoms with Gasteiger partial charge >= 0.3 is 0 Å². The zero-order chi connectivity index (χ0) is 24.1. The van der Waals surface area contributed by atoms with Crippen LogP contribution >= 0.6 is 27.7 Å². The molecule has 1 saturated heterocycles. The predicted octanol–water partition coefficient (Wildman–Crippen LogP) is 7.18. The molecule has 1 aliphatic carbocycles. The van der Waals surface area contributed by atoms with Gasteiger partial charge in [0.25, 0.3) is 11.1 Å². The van der Waals surface area contributed by atoms with E-state index in [0.717, 1.165) is 37.4 Å². The summed E-state index contributed by atoms with van der Waals surface area (Å²) < 4.78 is 26.2. The van der Waals surface area contributed by atoms with E-state index in [0.29, 0.717) is 51.1 Å². The van der Waals surface area contributed by atoms with Crippen LogP contribution in [-0.2, 0) is 11.4 Å². The highest BCUT2D eigenvalue weighted by Crippen LogP contribution is 2.40. The Morgan fingerprint density at radius 1 is 1.15 bits per heavy atom. The molecule has 34 heavy (non-hydrogen) atoms. The fourth-order valence-corrected chi connectivity index (χ4v) is 5.70. The zero-order valence-corrected chi connectivity index (χ0v) is 21.4. The Morgan fingerprint density at radius 3 is 2.65 bits per heavy atom. The van der Waals surface area contributed by atoms with Gasteiger partial charge in [-0.2, -0.15) is 0 Å². The van der Waals surface area contributed by atoms with Gasteiger partial charge in [-0.3, -0.25) is 14.5 Å². The van der Waals surface area contributed by atoms with Crippen LogP contribution in [0.1, 0.15) is 50.2 Å². The molecule has 2 aromatic carbocycles. The highest BCUT2D eigenvalue weighted by atomic mass is 79.9. The van der Waals surface area contributed by atoms with Crippen LogP contribution in [0.3, 0.4) is 0 Å². The number of hydrogen-bond donors (Lipinski definition) is 0. The van der Waals surface area contributed by atoms with E-state index >= 15 is 0 Å². The lowest BCUT2D eigenvalue weighted by molar-refractivity contribution is -0.123. The first-order valence-electron chi connectivity index (χ1n) is 11.5. The number of ether oxygens (including phenoxy) is 2. The monoisotopic (exact) mass is 547 g/mol. The van der Waals surface area contributed by atoms with Crippen LogP contribution in [0.2, 0.25) is 0 Å². The summed E-state index contributed by atoms with van der Waals surface area (Å²) in [5.74, 6) is 0.742. The molecule has 2 aromatic rings. The third-order valence-corrected chi connectivity index (χ3v) is 7.49. The fraction of sp³-hybridized carbons (Fsp3) is 0.385. The van der Waals surface area contributed by atoms with E-state index in [4.69, 9.17) is 9.47 Å². The molecular formula is C26H27BrFNO4S. The molecule has 1 aliphatic heterocycles. The second kappa shape index (κ2) is 11.4. The summed E-state index contributed by atoms with van der Waals surface area (Å²) in [6.07, 6.45) is 7.40. The maximum Gasteiger partial charge on any atom is 0.293 e. The van der Waals surface area contributed by atoms with Crippen molar-refractivity contribution in [1.82, 2.24) is 4.90 Å². The van der Waals surface area contributed by atoms with E-state index in [-0.39, 0.29) is 23.6 Å². The number of carbonyl (C=O) groups excluding carboxylic acids is 2. The van der Waals surface area contributed by atoms with Crippen LogP contribution in [0.5, 0.6) is 11.5 Å². The Balaban J connectivity index is 1.53. The first kappa shape index (κ1) is 24.8. The Morgan fingerprint density at radius 2 is 1.91 bits per heavy atom. The summed E-state index contributed by atoms with van der Waals surface area (Å²) in [7, 11) is 0. The van der Waals surface area contributed by atoms with Gasteiger partial charge in [-0.15, -0.1) is 0 Å². The number of carbonyl (C=O) groups is 2. The van der Waals surface area contributed by atoms with Gasteiger partial charge in [0.05, 0.1) is 16.0 Å². The molecule has 2 aliphatic rings. The fourth-order valence-electron chi connectivity index (χ4n) is 4.28. The van der Waals surface area contributed by atoms with E-state index < -0.39 is 0 Å². The van der Waals surface area contributed by atoms with Crippen molar-refractivity contribution in [3.8, 4) is 11.5 Å². The third-order valence-electron chi connectivity index (χ3n) is 6.00. The molecule has 1 saturated carbocycles. The lowest BCUT2D eigenvalue weighted by Crippen LogP contribution is -2.34. The number of benzene rings is 2. The molecule has 1 heterocycles. The van der Waals surface area contributed by atoms with Crippen molar-refractivity contribution in [2.75, 3.05) is 13.2 Å². The zero-order valence-electron chi connectivity index (χ0n) is 19.0. The normalized spacial score (nSPS) is 18.1. The number of imide groups is 1. The molecule has 0 bridgehead atoms. The van der Waals surface area contributed by atoms with Crippen molar-refractivity contribution in [1.29, 1.82) is 0 Å². The topological polar surface area (TPSA) is 55.8 Å². The van der Waals surface area contributed by atoms with Crippen molar-refractivity contribution in [2.24, 2.45) is 5.92 Å². The number of rotatable bonds is 8. The van der Waals surface area contributed by atoms with Gasteiger partial charge in [0, 0.05) is 12.1 Å². The molecular weight excluding hydrogens is 521 g/mol. The van der Waals surface area contributed by atoms with Gasteiger partial charge in [-0.1, -0.05) is 37.5 Å². The van der Waals surface area contributed by atoms with Crippen LogP contribution in [0, 0.1) is 11.7 Å². The molecule has 0 atom stereocenters. The van der Waals surface area contributed by atoms with Crippen LogP contribution in [0.15, 0.2) is 45.8 Å². The molecule has 5 nitrogen and oxygen atoms in total. The Kier molecular flexibility index (Phi) is 8.32.